The van der Waals surface area contributed by atoms with Crippen molar-refractivity contribution >= 4 is 34.4 Å². The minimum Gasteiger partial charge on any atom is -0.289 e. The van der Waals surface area contributed by atoms with Gasteiger partial charge in [-0.3, -0.25) is 4.79 Å². The van der Waals surface area contributed by atoms with Crippen LogP contribution in [0.25, 0.3) is 11.6 Å². The van der Waals surface area contributed by atoms with Crippen molar-refractivity contribution in [1.29, 1.82) is 0 Å². The predicted molar refractivity (Wildman–Crippen MR) is 66.9 cm³/mol. The zero-order chi connectivity index (χ0) is 9.54. The molecule has 0 heterocycles. The molecule has 0 amide bonds. The lowest BCUT2D eigenvalue weighted by atomic mass is 9.96. The summed E-state index contributed by atoms with van der Waals surface area (Å²) in [7, 11) is 0. The van der Waals surface area contributed by atoms with Gasteiger partial charge >= 0.3 is 0 Å². The molecule has 0 unspecified atom stereocenters. The second kappa shape index (κ2) is 3.63. The highest BCUT2D eigenvalue weighted by Gasteiger charge is 2.23. The van der Waals surface area contributed by atoms with Gasteiger partial charge in [0.1, 0.15) is 0 Å². The first-order valence-corrected chi connectivity index (χ1v) is 4.60. The average Bonchev–Trinajstić information content (AvgIpc) is 2.59. The third-order valence-corrected chi connectivity index (χ3v) is 2.62. The van der Waals surface area contributed by atoms with Gasteiger partial charge in [0.2, 0.25) is 0 Å². The summed E-state index contributed by atoms with van der Waals surface area (Å²) in [5, 5.41) is 0. The molecule has 1 aromatic rings. The van der Waals surface area contributed by atoms with E-state index in [1.165, 1.54) is 5.56 Å². The van der Waals surface area contributed by atoms with Gasteiger partial charge in [0.15, 0.2) is 5.78 Å². The number of rotatable bonds is 0. The molecule has 0 N–H and O–H groups in total. The molecule has 0 radical (unpaired) electrons. The fourth-order valence-corrected chi connectivity index (χ4v) is 1.95. The van der Waals surface area contributed by atoms with Crippen molar-refractivity contribution in [3.63, 3.8) is 0 Å². The Morgan fingerprint density at radius 3 is 2.67 bits per heavy atom. The second-order valence-corrected chi connectivity index (χ2v) is 3.45. The Hall–Kier alpha value is -1.41. The maximum absolute atomic E-state index is 11.5. The van der Waals surface area contributed by atoms with Crippen LogP contribution in [0.5, 0.6) is 0 Å². The highest BCUT2D eigenvalue weighted by atomic mass is 79.9. The van der Waals surface area contributed by atoms with Crippen molar-refractivity contribution in [2.75, 3.05) is 0 Å². The Bertz CT molecular complexity index is 521. The summed E-state index contributed by atoms with van der Waals surface area (Å²) >= 11 is 0. The van der Waals surface area contributed by atoms with Crippen LogP contribution in [0.3, 0.4) is 0 Å². The zero-order valence-electron chi connectivity index (χ0n) is 7.94. The van der Waals surface area contributed by atoms with Gasteiger partial charge in [-0.05, 0) is 28.9 Å². The topological polar surface area (TPSA) is 17.1 Å². The normalized spacial score (nSPS) is 16.1. The van der Waals surface area contributed by atoms with Gasteiger partial charge in [0.05, 0.1) is 0 Å². The first-order chi connectivity index (χ1) is 6.86. The van der Waals surface area contributed by atoms with E-state index in [4.69, 9.17) is 0 Å². The monoisotopic (exact) mass is 260 g/mol. The third kappa shape index (κ3) is 1.41. The van der Waals surface area contributed by atoms with E-state index in [0.29, 0.717) is 0 Å². The number of benzene rings is 1. The van der Waals surface area contributed by atoms with E-state index in [9.17, 15) is 4.79 Å². The van der Waals surface area contributed by atoms with Crippen molar-refractivity contribution in [2.45, 2.75) is 0 Å². The molecular weight excluding hydrogens is 252 g/mol. The highest BCUT2D eigenvalue weighted by molar-refractivity contribution is 8.93. The zero-order valence-corrected chi connectivity index (χ0v) is 9.65. The Morgan fingerprint density at radius 2 is 1.80 bits per heavy atom. The molecule has 1 aromatic carbocycles. The van der Waals surface area contributed by atoms with Crippen LogP contribution < -0.4 is 0 Å². The van der Waals surface area contributed by atoms with E-state index in [-0.39, 0.29) is 22.8 Å². The molecule has 2 aliphatic rings. The molecule has 2 aliphatic carbocycles. The van der Waals surface area contributed by atoms with Gasteiger partial charge in [-0.15, -0.1) is 17.0 Å². The molecule has 0 aliphatic heterocycles. The van der Waals surface area contributed by atoms with E-state index in [0.717, 1.165) is 16.7 Å². The summed E-state index contributed by atoms with van der Waals surface area (Å²) in [4.78, 5) is 11.5. The predicted octanol–water partition coefficient (Wildman–Crippen LogP) is 3.18. The number of fused-ring (bicyclic) bond motifs is 3. The van der Waals surface area contributed by atoms with Crippen LogP contribution in [0.4, 0.5) is 0 Å². The molecule has 0 bridgehead atoms. The van der Waals surface area contributed by atoms with Gasteiger partial charge in [-0.2, -0.15) is 0 Å². The molecule has 0 saturated carbocycles. The Balaban J connectivity index is 0.000000853. The summed E-state index contributed by atoms with van der Waals surface area (Å²) in [6.45, 7) is 0. The maximum Gasteiger partial charge on any atom is 0.186 e. The number of hydrogen-bond donors (Lipinski definition) is 0. The lowest BCUT2D eigenvalue weighted by Crippen LogP contribution is -2.00. The summed E-state index contributed by atoms with van der Waals surface area (Å²) < 4.78 is 0. The average molecular weight is 261 g/mol. The molecule has 0 atom stereocenters. The van der Waals surface area contributed by atoms with E-state index >= 15 is 0 Å². The van der Waals surface area contributed by atoms with Crippen molar-refractivity contribution in [3.8, 4) is 0 Å². The van der Waals surface area contributed by atoms with Crippen molar-refractivity contribution in [1.82, 2.24) is 0 Å². The van der Waals surface area contributed by atoms with Crippen LogP contribution in [0.15, 0.2) is 48.1 Å². The molecule has 0 saturated heterocycles. The quantitative estimate of drug-likeness (QED) is 0.701. The highest BCUT2D eigenvalue weighted by Crippen LogP contribution is 2.37. The number of ketones is 1. The largest absolute Gasteiger partial charge is 0.289 e. The summed E-state index contributed by atoms with van der Waals surface area (Å²) in [5.41, 5.74) is 4.20. The van der Waals surface area contributed by atoms with Crippen molar-refractivity contribution < 1.29 is 4.79 Å². The lowest BCUT2D eigenvalue weighted by molar-refractivity contribution is -0.110. The molecular formula is C13H9BrO. The van der Waals surface area contributed by atoms with Crippen molar-refractivity contribution in [2.24, 2.45) is 0 Å². The lowest BCUT2D eigenvalue weighted by Gasteiger charge is -2.06. The number of carbonyl (C=O) groups is 1. The summed E-state index contributed by atoms with van der Waals surface area (Å²) in [5.74, 6) is 0.110. The number of halogens is 1. The van der Waals surface area contributed by atoms with Crippen LogP contribution in [0.1, 0.15) is 11.1 Å². The molecule has 2 heteroatoms. The van der Waals surface area contributed by atoms with Crippen LogP contribution in [0, 0.1) is 0 Å². The second-order valence-electron chi connectivity index (χ2n) is 3.45. The number of carbonyl (C=O) groups excluding carboxylic acids is 1. The van der Waals surface area contributed by atoms with Gasteiger partial charge in [0.25, 0.3) is 0 Å². The van der Waals surface area contributed by atoms with Crippen LogP contribution in [-0.2, 0) is 4.79 Å². The van der Waals surface area contributed by atoms with Gasteiger partial charge in [0, 0.05) is 5.57 Å². The minimum atomic E-state index is 0. The van der Waals surface area contributed by atoms with Crippen LogP contribution in [-0.4, -0.2) is 5.78 Å². The Morgan fingerprint density at radius 1 is 1.00 bits per heavy atom. The van der Waals surface area contributed by atoms with Crippen LogP contribution >= 0.6 is 17.0 Å². The SMILES string of the molecule is Br.O=C1C=CC=C2C1=Cc1ccccc12. The molecule has 0 fully saturated rings. The summed E-state index contributed by atoms with van der Waals surface area (Å²) in [6.07, 6.45) is 7.39. The van der Waals surface area contributed by atoms with Gasteiger partial charge < -0.3 is 0 Å². The molecule has 3 rings (SSSR count). The molecule has 0 spiro atoms. The fourth-order valence-electron chi connectivity index (χ4n) is 1.95. The van der Waals surface area contributed by atoms with Crippen LogP contribution in [0.2, 0.25) is 0 Å². The first-order valence-electron chi connectivity index (χ1n) is 4.60. The fraction of sp³-hybridized carbons (Fsp3) is 0. The van der Waals surface area contributed by atoms with Gasteiger partial charge in [-0.25, -0.2) is 0 Å². The van der Waals surface area contributed by atoms with E-state index < -0.39 is 0 Å². The van der Waals surface area contributed by atoms with E-state index in [2.05, 4.69) is 6.07 Å². The minimum absolute atomic E-state index is 0. The van der Waals surface area contributed by atoms with Crippen molar-refractivity contribution in [3.05, 3.63) is 59.2 Å². The van der Waals surface area contributed by atoms with Gasteiger partial charge in [-0.1, -0.05) is 36.4 Å². The summed E-state index contributed by atoms with van der Waals surface area (Å²) in [6, 6.07) is 8.08. The Labute approximate surface area is 98.6 Å². The van der Waals surface area contributed by atoms with E-state index in [1.54, 1.807) is 6.08 Å². The number of hydrogen-bond acceptors (Lipinski definition) is 1. The smallest absolute Gasteiger partial charge is 0.186 e. The molecule has 15 heavy (non-hydrogen) atoms. The molecule has 0 aromatic heterocycles. The molecule has 74 valence electrons. The number of allylic oxidation sites excluding steroid dienone is 5. The standard InChI is InChI=1S/C13H8O.BrH/c14-13-7-3-6-11-10-5-2-1-4-9(10)8-12(11)13;/h1-8H;1H. The molecule has 1 nitrogen and oxygen atoms in total. The maximum atomic E-state index is 11.5. The Kier molecular flexibility index (Phi) is 2.45. The third-order valence-electron chi connectivity index (χ3n) is 2.62. The first kappa shape index (κ1) is 10.1. The van der Waals surface area contributed by atoms with E-state index in [1.807, 2.05) is 36.4 Å².